The minimum atomic E-state index is -3.71. The molecular weight excluding hydrogens is 527 g/mol. The van der Waals surface area contributed by atoms with Gasteiger partial charge in [-0.05, 0) is 70.4 Å². The maximum Gasteiger partial charge on any atom is 0.260 e. The van der Waals surface area contributed by atoms with Gasteiger partial charge in [0.25, 0.3) is 5.91 Å². The number of fused-ring (bicyclic) bond motifs is 1. The number of carbonyl (C=O) groups is 1. The first kappa shape index (κ1) is 28.4. The Balaban J connectivity index is 0.00000361. The Morgan fingerprint density at radius 3 is 2.36 bits per heavy atom. The summed E-state index contributed by atoms with van der Waals surface area (Å²) in [6.07, 6.45) is -0.385. The van der Waals surface area contributed by atoms with Crippen molar-refractivity contribution in [2.24, 2.45) is 0 Å². The van der Waals surface area contributed by atoms with Crippen LogP contribution in [-0.4, -0.2) is 81.0 Å². The molecule has 0 spiro atoms. The molecule has 1 saturated heterocycles. The van der Waals surface area contributed by atoms with Crippen LogP contribution in [0.3, 0.4) is 0 Å². The third-order valence-electron chi connectivity index (χ3n) is 5.71. The van der Waals surface area contributed by atoms with Crippen LogP contribution in [0.2, 0.25) is 0 Å². The number of amides is 1. The fourth-order valence-electron chi connectivity index (χ4n) is 3.99. The van der Waals surface area contributed by atoms with E-state index in [1.165, 1.54) is 52.0 Å². The Bertz CT molecular complexity index is 1310. The van der Waals surface area contributed by atoms with Crippen molar-refractivity contribution < 1.29 is 22.3 Å². The van der Waals surface area contributed by atoms with E-state index in [4.69, 9.17) is 4.74 Å². The van der Waals surface area contributed by atoms with E-state index in [0.717, 1.165) is 0 Å². The molecular formula is C24H30ClFN4O4S2. The van der Waals surface area contributed by atoms with E-state index in [-0.39, 0.29) is 54.3 Å². The normalized spacial score (nSPS) is 18.8. The summed E-state index contributed by atoms with van der Waals surface area (Å²) in [7, 11) is 0.103. The Morgan fingerprint density at radius 2 is 1.75 bits per heavy atom. The highest BCUT2D eigenvalue weighted by molar-refractivity contribution is 7.89. The first-order valence-electron chi connectivity index (χ1n) is 11.3. The number of carbonyl (C=O) groups excluding carboxylic acids is 1. The van der Waals surface area contributed by atoms with Crippen molar-refractivity contribution in [3.8, 4) is 0 Å². The van der Waals surface area contributed by atoms with Crippen LogP contribution in [0.5, 0.6) is 0 Å². The number of thiazole rings is 1. The zero-order valence-corrected chi connectivity index (χ0v) is 23.0. The molecule has 1 aromatic heterocycles. The van der Waals surface area contributed by atoms with Gasteiger partial charge in [-0.15, -0.1) is 12.4 Å². The fourth-order valence-corrected chi connectivity index (χ4v) is 6.59. The van der Waals surface area contributed by atoms with E-state index < -0.39 is 10.0 Å². The van der Waals surface area contributed by atoms with Gasteiger partial charge in [-0.1, -0.05) is 11.3 Å². The van der Waals surface area contributed by atoms with E-state index in [1.54, 1.807) is 11.0 Å². The second kappa shape index (κ2) is 11.5. The number of rotatable bonds is 7. The third-order valence-corrected chi connectivity index (χ3v) is 8.60. The number of aromatic nitrogens is 1. The number of hydrogen-bond acceptors (Lipinski definition) is 7. The van der Waals surface area contributed by atoms with Crippen molar-refractivity contribution in [1.82, 2.24) is 14.2 Å². The zero-order chi connectivity index (χ0) is 25.3. The lowest BCUT2D eigenvalue weighted by Crippen LogP contribution is -2.48. The molecule has 0 saturated carbocycles. The largest absolute Gasteiger partial charge is 0.373 e. The first-order chi connectivity index (χ1) is 16.5. The van der Waals surface area contributed by atoms with Crippen LogP contribution in [0.15, 0.2) is 47.4 Å². The van der Waals surface area contributed by atoms with Gasteiger partial charge in [-0.3, -0.25) is 9.69 Å². The molecule has 0 bridgehead atoms. The molecule has 8 nitrogen and oxygen atoms in total. The molecule has 0 radical (unpaired) electrons. The molecule has 2 unspecified atom stereocenters. The van der Waals surface area contributed by atoms with Gasteiger partial charge in [0.05, 0.1) is 27.3 Å². The molecule has 2 aromatic carbocycles. The number of benzene rings is 2. The molecule has 0 N–H and O–H groups in total. The van der Waals surface area contributed by atoms with Gasteiger partial charge < -0.3 is 9.64 Å². The molecule has 0 aliphatic carbocycles. The van der Waals surface area contributed by atoms with Crippen LogP contribution in [0, 0.1) is 5.82 Å². The minimum Gasteiger partial charge on any atom is -0.373 e. The van der Waals surface area contributed by atoms with E-state index in [1.807, 2.05) is 32.8 Å². The topological polar surface area (TPSA) is 83.1 Å². The lowest BCUT2D eigenvalue weighted by Gasteiger charge is -2.34. The molecule has 1 fully saturated rings. The summed E-state index contributed by atoms with van der Waals surface area (Å²) in [5, 5.41) is 0.463. The predicted molar refractivity (Wildman–Crippen MR) is 142 cm³/mol. The van der Waals surface area contributed by atoms with Crippen molar-refractivity contribution in [3.05, 3.63) is 53.8 Å². The summed E-state index contributed by atoms with van der Waals surface area (Å²) in [6.45, 7) is 5.22. The SMILES string of the molecule is CC1CN(S(=O)(=O)c2ccc(C(=O)N(CCN(C)C)c3nc4ccc(F)cc4s3)cc2)CC(C)O1.Cl. The van der Waals surface area contributed by atoms with Crippen LogP contribution in [0.1, 0.15) is 24.2 Å². The van der Waals surface area contributed by atoms with E-state index >= 15 is 0 Å². The van der Waals surface area contributed by atoms with Crippen LogP contribution in [0.25, 0.3) is 10.2 Å². The van der Waals surface area contributed by atoms with Gasteiger partial charge in [0.2, 0.25) is 10.0 Å². The lowest BCUT2D eigenvalue weighted by atomic mass is 10.2. The molecule has 2 heterocycles. The van der Waals surface area contributed by atoms with Crippen LogP contribution in [-0.2, 0) is 14.8 Å². The zero-order valence-electron chi connectivity index (χ0n) is 20.5. The average molecular weight is 557 g/mol. The Labute approximate surface area is 221 Å². The van der Waals surface area contributed by atoms with Gasteiger partial charge in [-0.2, -0.15) is 4.31 Å². The molecule has 36 heavy (non-hydrogen) atoms. The molecule has 1 aliphatic heterocycles. The molecule has 1 amide bonds. The summed E-state index contributed by atoms with van der Waals surface area (Å²) >= 11 is 1.24. The number of sulfonamides is 1. The van der Waals surface area contributed by atoms with Crippen molar-refractivity contribution >= 4 is 55.0 Å². The number of nitrogens with zero attached hydrogens (tertiary/aromatic N) is 4. The molecule has 12 heteroatoms. The van der Waals surface area contributed by atoms with Crippen LogP contribution < -0.4 is 4.90 Å². The standard InChI is InChI=1S/C24H29FN4O4S2.ClH/c1-16-14-28(15-17(2)33-16)35(31,32)20-8-5-18(6-9-20)23(30)29(12-11-27(3)4)24-26-21-10-7-19(25)13-22(21)34-24;/h5-10,13,16-17H,11-12,14-15H2,1-4H3;1H. The average Bonchev–Trinajstić information content (AvgIpc) is 3.21. The minimum absolute atomic E-state index is 0. The number of likely N-dealkylation sites (N-methyl/N-ethyl adjacent to an activating group) is 1. The fraction of sp³-hybridized carbons (Fsp3) is 0.417. The number of ether oxygens (including phenoxy) is 1. The van der Waals surface area contributed by atoms with E-state index in [0.29, 0.717) is 34.0 Å². The second-order valence-electron chi connectivity index (χ2n) is 8.97. The van der Waals surface area contributed by atoms with Gasteiger partial charge in [0.1, 0.15) is 5.82 Å². The third kappa shape index (κ3) is 6.21. The maximum atomic E-state index is 13.7. The summed E-state index contributed by atoms with van der Waals surface area (Å²) in [5.74, 6) is -0.663. The second-order valence-corrected chi connectivity index (χ2v) is 11.9. The van der Waals surface area contributed by atoms with Crippen molar-refractivity contribution in [3.63, 3.8) is 0 Å². The monoisotopic (exact) mass is 556 g/mol. The van der Waals surface area contributed by atoms with Crippen molar-refractivity contribution in [2.75, 3.05) is 45.2 Å². The van der Waals surface area contributed by atoms with Gasteiger partial charge >= 0.3 is 0 Å². The molecule has 4 rings (SSSR count). The smallest absolute Gasteiger partial charge is 0.260 e. The summed E-state index contributed by atoms with van der Waals surface area (Å²) in [5.41, 5.74) is 0.960. The summed E-state index contributed by atoms with van der Waals surface area (Å²) in [6, 6.07) is 10.3. The van der Waals surface area contributed by atoms with Crippen molar-refractivity contribution in [2.45, 2.75) is 31.0 Å². The van der Waals surface area contributed by atoms with Gasteiger partial charge in [0.15, 0.2) is 5.13 Å². The van der Waals surface area contributed by atoms with Crippen LogP contribution >= 0.6 is 23.7 Å². The lowest BCUT2D eigenvalue weighted by molar-refractivity contribution is -0.0440. The Kier molecular flexibility index (Phi) is 9.07. The first-order valence-corrected chi connectivity index (χ1v) is 13.6. The molecule has 1 aliphatic rings. The van der Waals surface area contributed by atoms with Crippen LogP contribution in [0.4, 0.5) is 9.52 Å². The summed E-state index contributed by atoms with van der Waals surface area (Å²) in [4.78, 5) is 21.6. The highest BCUT2D eigenvalue weighted by Crippen LogP contribution is 2.30. The van der Waals surface area contributed by atoms with E-state index in [2.05, 4.69) is 4.98 Å². The van der Waals surface area contributed by atoms with Gasteiger partial charge in [-0.25, -0.2) is 17.8 Å². The Morgan fingerprint density at radius 1 is 1.11 bits per heavy atom. The maximum absolute atomic E-state index is 13.7. The molecule has 2 atom stereocenters. The quantitative estimate of drug-likeness (QED) is 0.439. The molecule has 196 valence electrons. The number of anilines is 1. The van der Waals surface area contributed by atoms with Gasteiger partial charge in [0, 0.05) is 31.7 Å². The number of morpholine rings is 1. The van der Waals surface area contributed by atoms with Crippen molar-refractivity contribution in [1.29, 1.82) is 0 Å². The number of hydrogen-bond donors (Lipinski definition) is 0. The molecule has 3 aromatic rings. The highest BCUT2D eigenvalue weighted by Gasteiger charge is 2.32. The summed E-state index contributed by atoms with van der Waals surface area (Å²) < 4.78 is 47.7. The number of halogens is 2. The van der Waals surface area contributed by atoms with E-state index in [9.17, 15) is 17.6 Å². The predicted octanol–water partition coefficient (Wildman–Crippen LogP) is 3.86. The highest BCUT2D eigenvalue weighted by atomic mass is 35.5. The Hall–Kier alpha value is -2.15.